The van der Waals surface area contributed by atoms with Gasteiger partial charge in [0.25, 0.3) is 0 Å². The first-order valence-electron chi connectivity index (χ1n) is 4.98. The summed E-state index contributed by atoms with van der Waals surface area (Å²) in [4.78, 5) is 0. The summed E-state index contributed by atoms with van der Waals surface area (Å²) in [5, 5.41) is 10.6. The van der Waals surface area contributed by atoms with Gasteiger partial charge in [0, 0.05) is 9.50 Å². The molecule has 0 unspecified atom stereocenters. The lowest BCUT2D eigenvalue weighted by Gasteiger charge is -2.20. The molecule has 1 aromatic rings. The van der Waals surface area contributed by atoms with Gasteiger partial charge in [-0.05, 0) is 36.5 Å². The van der Waals surface area contributed by atoms with Crippen molar-refractivity contribution in [2.45, 2.75) is 25.0 Å². The molecule has 0 aromatic heterocycles. The Morgan fingerprint density at radius 1 is 1.47 bits per heavy atom. The van der Waals surface area contributed by atoms with E-state index in [4.69, 9.17) is 17.3 Å². The van der Waals surface area contributed by atoms with Gasteiger partial charge in [0.2, 0.25) is 0 Å². The topological polar surface area (TPSA) is 46.2 Å². The highest BCUT2D eigenvalue weighted by Gasteiger charge is 2.34. The van der Waals surface area contributed by atoms with E-state index in [1.54, 1.807) is 12.1 Å². The monoisotopic (exact) mass is 289 g/mol. The maximum Gasteiger partial charge on any atom is 0.0761 e. The standard InChI is InChI=1S/C11H13BrClNO/c12-9-5-7(13)3-4-8(9)10(14)11(15)6-1-2-6/h3-6,10-11,15H,1-2,14H2/t10-,11+/m1/s1. The number of hydrogen-bond donors (Lipinski definition) is 2. The number of halogens is 2. The van der Waals surface area contributed by atoms with Crippen LogP contribution in [0.5, 0.6) is 0 Å². The Morgan fingerprint density at radius 3 is 2.67 bits per heavy atom. The van der Waals surface area contributed by atoms with Crippen LogP contribution in [0.1, 0.15) is 24.4 Å². The lowest BCUT2D eigenvalue weighted by molar-refractivity contribution is 0.122. The highest BCUT2D eigenvalue weighted by atomic mass is 79.9. The minimum absolute atomic E-state index is 0.329. The third-order valence-electron chi connectivity index (χ3n) is 2.79. The van der Waals surface area contributed by atoms with Crippen molar-refractivity contribution in [1.82, 2.24) is 0 Å². The van der Waals surface area contributed by atoms with E-state index in [1.807, 2.05) is 6.07 Å². The number of hydrogen-bond acceptors (Lipinski definition) is 2. The van der Waals surface area contributed by atoms with Gasteiger partial charge in [0.05, 0.1) is 12.1 Å². The van der Waals surface area contributed by atoms with E-state index in [1.165, 1.54) is 0 Å². The van der Waals surface area contributed by atoms with E-state index < -0.39 is 6.10 Å². The van der Waals surface area contributed by atoms with Crippen molar-refractivity contribution in [2.24, 2.45) is 11.7 Å². The summed E-state index contributed by atoms with van der Waals surface area (Å²) in [6.45, 7) is 0. The Hall–Kier alpha value is -0.0900. The highest BCUT2D eigenvalue weighted by Crippen LogP contribution is 2.38. The van der Waals surface area contributed by atoms with E-state index in [-0.39, 0.29) is 6.04 Å². The van der Waals surface area contributed by atoms with Crippen molar-refractivity contribution in [3.63, 3.8) is 0 Å². The van der Waals surface area contributed by atoms with Gasteiger partial charge in [-0.15, -0.1) is 0 Å². The number of aliphatic hydroxyl groups excluding tert-OH is 1. The molecule has 0 aliphatic heterocycles. The van der Waals surface area contributed by atoms with Gasteiger partial charge in [0.1, 0.15) is 0 Å². The van der Waals surface area contributed by atoms with Crippen LogP contribution < -0.4 is 5.73 Å². The smallest absolute Gasteiger partial charge is 0.0761 e. The van der Waals surface area contributed by atoms with Crippen molar-refractivity contribution in [1.29, 1.82) is 0 Å². The second-order valence-corrected chi connectivity index (χ2v) is 5.31. The molecule has 0 amide bonds. The van der Waals surface area contributed by atoms with Crippen LogP contribution in [0.3, 0.4) is 0 Å². The average molecular weight is 291 g/mol. The first-order valence-corrected chi connectivity index (χ1v) is 6.15. The predicted octanol–water partition coefficient (Wildman–Crippen LogP) is 2.87. The number of aliphatic hydroxyl groups is 1. The molecular weight excluding hydrogens is 277 g/mol. The second kappa shape index (κ2) is 4.42. The SMILES string of the molecule is N[C@H](c1ccc(Cl)cc1Br)[C@@H](O)C1CC1. The first-order chi connectivity index (χ1) is 7.09. The van der Waals surface area contributed by atoms with Crippen molar-refractivity contribution in [2.75, 3.05) is 0 Å². The average Bonchev–Trinajstić information content (AvgIpc) is 2.99. The quantitative estimate of drug-likeness (QED) is 0.899. The third kappa shape index (κ3) is 2.53. The molecule has 1 aliphatic rings. The molecule has 1 fully saturated rings. The molecule has 1 aromatic carbocycles. The zero-order valence-corrected chi connectivity index (χ0v) is 10.5. The Kier molecular flexibility index (Phi) is 3.36. The van der Waals surface area contributed by atoms with Crippen LogP contribution in [-0.2, 0) is 0 Å². The molecule has 2 nitrogen and oxygen atoms in total. The molecule has 1 aliphatic carbocycles. The molecule has 4 heteroatoms. The van der Waals surface area contributed by atoms with E-state index in [9.17, 15) is 5.11 Å². The minimum Gasteiger partial charge on any atom is -0.391 e. The number of benzene rings is 1. The molecule has 0 spiro atoms. The number of rotatable bonds is 3. The zero-order chi connectivity index (χ0) is 11.0. The molecule has 82 valence electrons. The predicted molar refractivity (Wildman–Crippen MR) is 64.8 cm³/mol. The maximum atomic E-state index is 9.93. The van der Waals surface area contributed by atoms with Gasteiger partial charge in [-0.1, -0.05) is 33.6 Å². The summed E-state index contributed by atoms with van der Waals surface area (Å²) in [7, 11) is 0. The van der Waals surface area contributed by atoms with Crippen LogP contribution in [0.4, 0.5) is 0 Å². The molecule has 2 rings (SSSR count). The van der Waals surface area contributed by atoms with Gasteiger partial charge in [0.15, 0.2) is 0 Å². The van der Waals surface area contributed by atoms with Gasteiger partial charge in [-0.2, -0.15) is 0 Å². The largest absolute Gasteiger partial charge is 0.391 e. The van der Waals surface area contributed by atoms with Crippen molar-refractivity contribution < 1.29 is 5.11 Å². The van der Waals surface area contributed by atoms with Crippen LogP contribution in [0.15, 0.2) is 22.7 Å². The Bertz CT molecular complexity index is 368. The molecule has 0 bridgehead atoms. The van der Waals surface area contributed by atoms with Crippen LogP contribution in [0.25, 0.3) is 0 Å². The number of nitrogens with two attached hydrogens (primary N) is 1. The van der Waals surface area contributed by atoms with Crippen LogP contribution in [0, 0.1) is 5.92 Å². The van der Waals surface area contributed by atoms with Gasteiger partial charge < -0.3 is 10.8 Å². The van der Waals surface area contributed by atoms with Crippen LogP contribution in [-0.4, -0.2) is 11.2 Å². The fraction of sp³-hybridized carbons (Fsp3) is 0.455. The lowest BCUT2D eigenvalue weighted by atomic mass is 9.99. The Morgan fingerprint density at radius 2 is 2.13 bits per heavy atom. The summed E-state index contributed by atoms with van der Waals surface area (Å²) in [5.41, 5.74) is 6.92. The Balaban J connectivity index is 2.20. The van der Waals surface area contributed by atoms with Crippen molar-refractivity contribution >= 4 is 27.5 Å². The van der Waals surface area contributed by atoms with E-state index >= 15 is 0 Å². The molecule has 0 radical (unpaired) electrons. The van der Waals surface area contributed by atoms with Gasteiger partial charge >= 0.3 is 0 Å². The second-order valence-electron chi connectivity index (χ2n) is 4.02. The molecule has 2 atom stereocenters. The third-order valence-corrected chi connectivity index (χ3v) is 3.72. The van der Waals surface area contributed by atoms with Gasteiger partial charge in [-0.25, -0.2) is 0 Å². The first kappa shape index (κ1) is 11.4. The molecule has 3 N–H and O–H groups in total. The van der Waals surface area contributed by atoms with E-state index in [0.29, 0.717) is 10.9 Å². The Labute approximate surface area is 103 Å². The lowest BCUT2D eigenvalue weighted by Crippen LogP contribution is -2.28. The van der Waals surface area contributed by atoms with Crippen LogP contribution >= 0.6 is 27.5 Å². The summed E-state index contributed by atoms with van der Waals surface area (Å²) in [5.74, 6) is 0.377. The zero-order valence-electron chi connectivity index (χ0n) is 8.16. The highest BCUT2D eigenvalue weighted by molar-refractivity contribution is 9.10. The van der Waals surface area contributed by atoms with Gasteiger partial charge in [-0.3, -0.25) is 0 Å². The summed E-state index contributed by atoms with van der Waals surface area (Å²) < 4.78 is 0.863. The molecule has 1 saturated carbocycles. The normalized spacial score (nSPS) is 20.0. The molecule has 0 saturated heterocycles. The fourth-order valence-electron chi connectivity index (χ4n) is 1.69. The van der Waals surface area contributed by atoms with E-state index in [0.717, 1.165) is 22.9 Å². The fourth-order valence-corrected chi connectivity index (χ4v) is 2.63. The van der Waals surface area contributed by atoms with E-state index in [2.05, 4.69) is 15.9 Å². The van der Waals surface area contributed by atoms with Crippen LogP contribution in [0.2, 0.25) is 5.02 Å². The van der Waals surface area contributed by atoms with Crippen molar-refractivity contribution in [3.8, 4) is 0 Å². The molecular formula is C11H13BrClNO. The molecule has 15 heavy (non-hydrogen) atoms. The summed E-state index contributed by atoms with van der Waals surface area (Å²) in [6.07, 6.45) is 1.72. The van der Waals surface area contributed by atoms with Crippen molar-refractivity contribution in [3.05, 3.63) is 33.3 Å². The maximum absolute atomic E-state index is 9.93. The minimum atomic E-state index is -0.442. The molecule has 0 heterocycles. The summed E-state index contributed by atoms with van der Waals surface area (Å²) in [6, 6.07) is 5.13. The summed E-state index contributed by atoms with van der Waals surface area (Å²) >= 11 is 9.25.